The lowest BCUT2D eigenvalue weighted by Gasteiger charge is -2.30. The van der Waals surface area contributed by atoms with E-state index in [1.165, 1.54) is 0 Å². The van der Waals surface area contributed by atoms with Crippen molar-refractivity contribution in [1.82, 2.24) is 4.90 Å². The van der Waals surface area contributed by atoms with Crippen molar-refractivity contribution in [2.75, 3.05) is 19.6 Å². The molecule has 3 nitrogen and oxygen atoms in total. The Kier molecular flexibility index (Phi) is 5.88. The summed E-state index contributed by atoms with van der Waals surface area (Å²) in [6.45, 7) is 12.6. The van der Waals surface area contributed by atoms with Crippen LogP contribution in [-0.2, 0) is 4.79 Å². The summed E-state index contributed by atoms with van der Waals surface area (Å²) in [5.41, 5.74) is -0.649. The molecule has 0 amide bonds. The highest BCUT2D eigenvalue weighted by molar-refractivity contribution is 5.73. The molecule has 0 aliphatic heterocycles. The molecule has 0 heterocycles. The number of hydrogen-bond donors (Lipinski definition) is 1. The lowest BCUT2D eigenvalue weighted by Crippen LogP contribution is -2.40. The minimum atomic E-state index is -0.717. The molecule has 0 fully saturated rings. The van der Waals surface area contributed by atoms with Gasteiger partial charge in [0.1, 0.15) is 0 Å². The maximum atomic E-state index is 11.0. The molecule has 0 saturated carbocycles. The number of nitrogens with zero attached hydrogens (tertiary/aromatic N) is 1. The van der Waals surface area contributed by atoms with E-state index in [4.69, 9.17) is 5.11 Å². The highest BCUT2D eigenvalue weighted by Gasteiger charge is 2.29. The molecule has 1 N–H and O–H groups in total. The molecule has 0 aromatic carbocycles. The van der Waals surface area contributed by atoms with Crippen molar-refractivity contribution in [3.63, 3.8) is 0 Å². The van der Waals surface area contributed by atoms with Crippen LogP contribution in [0.15, 0.2) is 0 Å². The quantitative estimate of drug-likeness (QED) is 0.709. The summed E-state index contributed by atoms with van der Waals surface area (Å²) < 4.78 is 0. The first-order chi connectivity index (χ1) is 6.83. The molecule has 3 heteroatoms. The van der Waals surface area contributed by atoms with Crippen molar-refractivity contribution >= 4 is 5.97 Å². The van der Waals surface area contributed by atoms with E-state index in [-0.39, 0.29) is 0 Å². The van der Waals surface area contributed by atoms with Crippen LogP contribution in [-0.4, -0.2) is 35.6 Å². The molecule has 0 aliphatic carbocycles. The molecule has 0 aromatic rings. The van der Waals surface area contributed by atoms with Crippen LogP contribution in [0.5, 0.6) is 0 Å². The molecule has 0 radical (unpaired) electrons. The van der Waals surface area contributed by atoms with Gasteiger partial charge in [0.05, 0.1) is 5.41 Å². The van der Waals surface area contributed by atoms with Gasteiger partial charge in [0.2, 0.25) is 0 Å². The van der Waals surface area contributed by atoms with E-state index in [1.54, 1.807) is 13.8 Å². The molecule has 0 bridgehead atoms. The highest BCUT2D eigenvalue weighted by atomic mass is 16.4. The molecule has 0 aromatic heterocycles. The fourth-order valence-electron chi connectivity index (χ4n) is 1.50. The minimum absolute atomic E-state index is 0.628. The van der Waals surface area contributed by atoms with Crippen molar-refractivity contribution in [3.05, 3.63) is 0 Å². The molecule has 1 atom stereocenters. The number of carboxylic acids is 1. The molecule has 0 aliphatic rings. The maximum Gasteiger partial charge on any atom is 0.310 e. The third-order valence-corrected chi connectivity index (χ3v) is 2.91. The summed E-state index contributed by atoms with van der Waals surface area (Å²) in [6, 6.07) is 0. The number of rotatable bonds is 7. The SMILES string of the molecule is CCC(C)CN(CC)CC(C)(C)C(=O)O. The highest BCUT2D eigenvalue weighted by Crippen LogP contribution is 2.18. The number of carboxylic acid groups (broad SMARTS) is 1. The molecular formula is C12H25NO2. The van der Waals surface area contributed by atoms with Gasteiger partial charge in [-0.05, 0) is 26.3 Å². The van der Waals surface area contributed by atoms with E-state index in [2.05, 4.69) is 25.7 Å². The van der Waals surface area contributed by atoms with E-state index < -0.39 is 11.4 Å². The molecule has 1 unspecified atom stereocenters. The number of hydrogen-bond acceptors (Lipinski definition) is 2. The predicted molar refractivity (Wildman–Crippen MR) is 63.0 cm³/mol. The van der Waals surface area contributed by atoms with Crippen molar-refractivity contribution < 1.29 is 9.90 Å². The van der Waals surface area contributed by atoms with Crippen LogP contribution < -0.4 is 0 Å². The van der Waals surface area contributed by atoms with E-state index in [0.29, 0.717) is 12.5 Å². The van der Waals surface area contributed by atoms with Gasteiger partial charge in [-0.1, -0.05) is 27.2 Å². The topological polar surface area (TPSA) is 40.5 Å². The van der Waals surface area contributed by atoms with Crippen LogP contribution in [0.3, 0.4) is 0 Å². The average molecular weight is 215 g/mol. The Morgan fingerprint density at radius 1 is 1.40 bits per heavy atom. The third-order valence-electron chi connectivity index (χ3n) is 2.91. The Morgan fingerprint density at radius 3 is 2.27 bits per heavy atom. The normalized spacial score (nSPS) is 14.3. The van der Waals surface area contributed by atoms with Gasteiger partial charge in [-0.2, -0.15) is 0 Å². The summed E-state index contributed by atoms with van der Waals surface area (Å²) in [5.74, 6) is -0.0837. The van der Waals surface area contributed by atoms with E-state index in [0.717, 1.165) is 19.5 Å². The smallest absolute Gasteiger partial charge is 0.310 e. The molecule has 0 saturated heterocycles. The largest absolute Gasteiger partial charge is 0.481 e. The summed E-state index contributed by atoms with van der Waals surface area (Å²) in [5, 5.41) is 9.05. The third kappa shape index (κ3) is 5.17. The van der Waals surface area contributed by atoms with Crippen LogP contribution in [0, 0.1) is 11.3 Å². The van der Waals surface area contributed by atoms with Crippen molar-refractivity contribution in [1.29, 1.82) is 0 Å². The second-order valence-corrected chi connectivity index (χ2v) is 5.03. The summed E-state index contributed by atoms with van der Waals surface area (Å²) >= 11 is 0. The van der Waals surface area contributed by atoms with Crippen LogP contribution in [0.1, 0.15) is 41.0 Å². The zero-order valence-corrected chi connectivity index (χ0v) is 10.7. The van der Waals surface area contributed by atoms with Crippen LogP contribution in [0.25, 0.3) is 0 Å². The Bertz CT molecular complexity index is 202. The number of aliphatic carboxylic acids is 1. The van der Waals surface area contributed by atoms with Gasteiger partial charge in [0, 0.05) is 13.1 Å². The van der Waals surface area contributed by atoms with Crippen molar-refractivity contribution in [2.45, 2.75) is 41.0 Å². The second-order valence-electron chi connectivity index (χ2n) is 5.03. The van der Waals surface area contributed by atoms with Crippen LogP contribution >= 0.6 is 0 Å². The lowest BCUT2D eigenvalue weighted by atomic mass is 9.92. The summed E-state index contributed by atoms with van der Waals surface area (Å²) in [7, 11) is 0. The molecule has 90 valence electrons. The monoisotopic (exact) mass is 215 g/mol. The van der Waals surface area contributed by atoms with E-state index in [9.17, 15) is 4.79 Å². The standard InChI is InChI=1S/C12H25NO2/c1-6-10(3)8-13(7-2)9-12(4,5)11(14)15/h10H,6-9H2,1-5H3,(H,14,15). The van der Waals surface area contributed by atoms with Gasteiger partial charge in [-0.3, -0.25) is 4.79 Å². The van der Waals surface area contributed by atoms with Crippen molar-refractivity contribution in [2.24, 2.45) is 11.3 Å². The summed E-state index contributed by atoms with van der Waals surface area (Å²) in [4.78, 5) is 13.2. The average Bonchev–Trinajstić information content (AvgIpc) is 2.15. The van der Waals surface area contributed by atoms with Gasteiger partial charge in [-0.25, -0.2) is 0 Å². The Morgan fingerprint density at radius 2 is 1.93 bits per heavy atom. The van der Waals surface area contributed by atoms with Gasteiger partial charge in [-0.15, -0.1) is 0 Å². The fourth-order valence-corrected chi connectivity index (χ4v) is 1.50. The zero-order valence-electron chi connectivity index (χ0n) is 10.7. The molecule has 0 spiro atoms. The van der Waals surface area contributed by atoms with Crippen LogP contribution in [0.4, 0.5) is 0 Å². The van der Waals surface area contributed by atoms with Gasteiger partial charge in [0.15, 0.2) is 0 Å². The maximum absolute atomic E-state index is 11.0. The Balaban J connectivity index is 4.26. The summed E-state index contributed by atoms with van der Waals surface area (Å²) in [6.07, 6.45) is 1.14. The zero-order chi connectivity index (χ0) is 12.1. The Labute approximate surface area is 93.5 Å². The molecule has 15 heavy (non-hydrogen) atoms. The fraction of sp³-hybridized carbons (Fsp3) is 0.917. The second kappa shape index (κ2) is 6.11. The van der Waals surface area contributed by atoms with Gasteiger partial charge >= 0.3 is 5.97 Å². The van der Waals surface area contributed by atoms with E-state index >= 15 is 0 Å². The van der Waals surface area contributed by atoms with Crippen LogP contribution in [0.2, 0.25) is 0 Å². The molecular weight excluding hydrogens is 190 g/mol. The first-order valence-corrected chi connectivity index (χ1v) is 5.79. The Hall–Kier alpha value is -0.570. The van der Waals surface area contributed by atoms with Gasteiger partial charge in [0.25, 0.3) is 0 Å². The van der Waals surface area contributed by atoms with Gasteiger partial charge < -0.3 is 10.0 Å². The number of carbonyl (C=O) groups is 1. The first-order valence-electron chi connectivity index (χ1n) is 5.79. The lowest BCUT2D eigenvalue weighted by molar-refractivity contribution is -0.148. The van der Waals surface area contributed by atoms with E-state index in [1.807, 2.05) is 0 Å². The van der Waals surface area contributed by atoms with Crippen molar-refractivity contribution in [3.8, 4) is 0 Å². The minimum Gasteiger partial charge on any atom is -0.481 e. The first kappa shape index (κ1) is 14.4. The predicted octanol–water partition coefficient (Wildman–Crippen LogP) is 2.47. The molecule has 0 rings (SSSR count).